The topological polar surface area (TPSA) is 92.9 Å². The molecular formula is C10H17N5O2S. The van der Waals surface area contributed by atoms with Gasteiger partial charge >= 0.3 is 0 Å². The maximum absolute atomic E-state index is 11.5. The van der Waals surface area contributed by atoms with Crippen molar-refractivity contribution in [1.82, 2.24) is 25.5 Å². The van der Waals surface area contributed by atoms with Gasteiger partial charge in [-0.25, -0.2) is 4.68 Å². The Morgan fingerprint density at radius 1 is 1.50 bits per heavy atom. The molecule has 0 aromatic carbocycles. The van der Waals surface area contributed by atoms with E-state index in [1.165, 1.54) is 11.8 Å². The van der Waals surface area contributed by atoms with Crippen molar-refractivity contribution in [2.45, 2.75) is 36.9 Å². The van der Waals surface area contributed by atoms with Crippen LogP contribution in [0.25, 0.3) is 0 Å². The first kappa shape index (κ1) is 13.3. The van der Waals surface area contributed by atoms with Crippen molar-refractivity contribution >= 4 is 17.7 Å². The SMILES string of the molecule is O=C(CSc1nnnn1C1CC1)NCCCCO. The van der Waals surface area contributed by atoms with E-state index < -0.39 is 0 Å². The number of nitrogens with zero attached hydrogens (tertiary/aromatic N) is 4. The maximum Gasteiger partial charge on any atom is 0.230 e. The summed E-state index contributed by atoms with van der Waals surface area (Å²) in [7, 11) is 0. The van der Waals surface area contributed by atoms with E-state index in [1.54, 1.807) is 4.68 Å². The third kappa shape index (κ3) is 3.95. The molecule has 1 aromatic rings. The molecule has 0 aliphatic heterocycles. The second-order valence-corrected chi connectivity index (χ2v) is 5.15. The minimum Gasteiger partial charge on any atom is -0.396 e. The zero-order valence-electron chi connectivity index (χ0n) is 10.1. The van der Waals surface area contributed by atoms with Crippen molar-refractivity contribution in [3.05, 3.63) is 0 Å². The summed E-state index contributed by atoms with van der Waals surface area (Å²) in [6.45, 7) is 0.772. The van der Waals surface area contributed by atoms with E-state index in [9.17, 15) is 4.79 Å². The number of rotatable bonds is 8. The van der Waals surface area contributed by atoms with E-state index >= 15 is 0 Å². The van der Waals surface area contributed by atoms with Gasteiger partial charge in [-0.1, -0.05) is 11.8 Å². The molecule has 0 spiro atoms. The number of amides is 1. The summed E-state index contributed by atoms with van der Waals surface area (Å²) in [6, 6.07) is 0.426. The number of aliphatic hydroxyl groups is 1. The van der Waals surface area contributed by atoms with Crippen LogP contribution in [0.4, 0.5) is 0 Å². The highest BCUT2D eigenvalue weighted by molar-refractivity contribution is 7.99. The molecule has 2 N–H and O–H groups in total. The molecule has 0 radical (unpaired) electrons. The van der Waals surface area contributed by atoms with Crippen molar-refractivity contribution in [3.8, 4) is 0 Å². The van der Waals surface area contributed by atoms with Crippen LogP contribution >= 0.6 is 11.8 Å². The van der Waals surface area contributed by atoms with Gasteiger partial charge in [-0.05, 0) is 36.1 Å². The Hall–Kier alpha value is -1.15. The summed E-state index contributed by atoms with van der Waals surface area (Å²) in [5, 5.41) is 23.6. The molecule has 2 rings (SSSR count). The molecule has 7 nitrogen and oxygen atoms in total. The molecule has 1 heterocycles. The van der Waals surface area contributed by atoms with E-state index in [4.69, 9.17) is 5.11 Å². The van der Waals surface area contributed by atoms with Gasteiger partial charge in [0.2, 0.25) is 11.1 Å². The van der Waals surface area contributed by atoms with Gasteiger partial charge in [-0.3, -0.25) is 4.79 Å². The van der Waals surface area contributed by atoms with E-state index in [0.717, 1.165) is 19.3 Å². The molecule has 1 amide bonds. The second-order valence-electron chi connectivity index (χ2n) is 4.21. The van der Waals surface area contributed by atoms with Gasteiger partial charge in [0.15, 0.2) is 0 Å². The molecule has 1 aliphatic rings. The first-order valence-corrected chi connectivity index (χ1v) is 7.08. The normalized spacial score (nSPS) is 14.7. The molecular weight excluding hydrogens is 254 g/mol. The zero-order valence-corrected chi connectivity index (χ0v) is 10.9. The van der Waals surface area contributed by atoms with Gasteiger partial charge in [0.25, 0.3) is 0 Å². The lowest BCUT2D eigenvalue weighted by Crippen LogP contribution is -2.26. The average molecular weight is 271 g/mol. The average Bonchev–Trinajstić information content (AvgIpc) is 3.11. The number of hydrogen-bond acceptors (Lipinski definition) is 6. The number of unbranched alkanes of at least 4 members (excludes halogenated alkanes) is 1. The monoisotopic (exact) mass is 271 g/mol. The molecule has 1 saturated carbocycles. The van der Waals surface area contributed by atoms with Crippen LogP contribution in [0.1, 0.15) is 31.7 Å². The van der Waals surface area contributed by atoms with Crippen LogP contribution in [0.5, 0.6) is 0 Å². The highest BCUT2D eigenvalue weighted by Gasteiger charge is 2.28. The minimum absolute atomic E-state index is 0.0247. The van der Waals surface area contributed by atoms with Crippen molar-refractivity contribution in [1.29, 1.82) is 0 Å². The van der Waals surface area contributed by atoms with Crippen LogP contribution in [0, 0.1) is 0 Å². The Labute approximate surface area is 109 Å². The predicted octanol–water partition coefficient (Wildman–Crippen LogP) is -0.0112. The first-order chi connectivity index (χ1) is 8.81. The fraction of sp³-hybridized carbons (Fsp3) is 0.800. The number of tetrazole rings is 1. The zero-order chi connectivity index (χ0) is 12.8. The summed E-state index contributed by atoms with van der Waals surface area (Å²) in [4.78, 5) is 11.5. The van der Waals surface area contributed by atoms with Gasteiger partial charge in [0.05, 0.1) is 11.8 Å². The summed E-state index contributed by atoms with van der Waals surface area (Å²) >= 11 is 1.36. The Kier molecular flexibility index (Phi) is 4.94. The maximum atomic E-state index is 11.5. The van der Waals surface area contributed by atoms with Crippen LogP contribution in [0.15, 0.2) is 5.16 Å². The lowest BCUT2D eigenvalue weighted by atomic mass is 10.3. The van der Waals surface area contributed by atoms with Crippen LogP contribution in [-0.4, -0.2) is 50.1 Å². The number of thioether (sulfide) groups is 1. The van der Waals surface area contributed by atoms with E-state index in [2.05, 4.69) is 20.8 Å². The Morgan fingerprint density at radius 3 is 3.06 bits per heavy atom. The number of hydrogen-bond donors (Lipinski definition) is 2. The van der Waals surface area contributed by atoms with Crippen LogP contribution in [-0.2, 0) is 4.79 Å². The Morgan fingerprint density at radius 2 is 2.33 bits per heavy atom. The molecule has 0 saturated heterocycles. The van der Waals surface area contributed by atoms with Crippen molar-refractivity contribution in [2.24, 2.45) is 0 Å². The third-order valence-corrected chi connectivity index (χ3v) is 3.53. The largest absolute Gasteiger partial charge is 0.396 e. The third-order valence-electron chi connectivity index (χ3n) is 2.59. The van der Waals surface area contributed by atoms with Gasteiger partial charge in [-0.15, -0.1) is 5.10 Å². The Balaban J connectivity index is 1.67. The number of aliphatic hydroxyl groups excluding tert-OH is 1. The molecule has 1 aromatic heterocycles. The first-order valence-electron chi connectivity index (χ1n) is 6.09. The lowest BCUT2D eigenvalue weighted by molar-refractivity contribution is -0.118. The highest BCUT2D eigenvalue weighted by Crippen LogP contribution is 2.36. The summed E-state index contributed by atoms with van der Waals surface area (Å²) in [5.74, 6) is 0.301. The molecule has 1 aliphatic carbocycles. The van der Waals surface area contributed by atoms with Crippen molar-refractivity contribution < 1.29 is 9.90 Å². The second kappa shape index (κ2) is 6.69. The summed E-state index contributed by atoms with van der Waals surface area (Å²) < 4.78 is 1.80. The number of carbonyl (C=O) groups is 1. The molecule has 18 heavy (non-hydrogen) atoms. The van der Waals surface area contributed by atoms with E-state index in [1.807, 2.05) is 0 Å². The van der Waals surface area contributed by atoms with Gasteiger partial charge < -0.3 is 10.4 Å². The molecule has 0 unspecified atom stereocenters. The fourth-order valence-electron chi connectivity index (χ4n) is 1.47. The highest BCUT2D eigenvalue weighted by atomic mass is 32.2. The van der Waals surface area contributed by atoms with Crippen LogP contribution < -0.4 is 5.32 Å². The predicted molar refractivity (Wildman–Crippen MR) is 66.1 cm³/mol. The van der Waals surface area contributed by atoms with Gasteiger partial charge in [0, 0.05) is 13.2 Å². The number of carbonyl (C=O) groups excluding carboxylic acids is 1. The molecule has 0 bridgehead atoms. The minimum atomic E-state index is -0.0247. The molecule has 8 heteroatoms. The number of aromatic nitrogens is 4. The van der Waals surface area contributed by atoms with Crippen molar-refractivity contribution in [3.63, 3.8) is 0 Å². The smallest absolute Gasteiger partial charge is 0.230 e. The van der Waals surface area contributed by atoms with Crippen LogP contribution in [0.3, 0.4) is 0 Å². The van der Waals surface area contributed by atoms with E-state index in [0.29, 0.717) is 29.9 Å². The van der Waals surface area contributed by atoms with Crippen LogP contribution in [0.2, 0.25) is 0 Å². The lowest BCUT2D eigenvalue weighted by Gasteiger charge is -2.04. The number of nitrogens with one attached hydrogen (secondary N) is 1. The Bertz CT molecular complexity index is 393. The standard InChI is InChI=1S/C10H17N5O2S/c16-6-2-1-5-11-9(17)7-18-10-12-13-14-15(10)8-3-4-8/h8,16H,1-7H2,(H,11,17). The molecule has 100 valence electrons. The quantitative estimate of drug-likeness (QED) is 0.510. The fourth-order valence-corrected chi connectivity index (χ4v) is 2.25. The summed E-state index contributed by atoms with van der Waals surface area (Å²) in [5.41, 5.74) is 0. The van der Waals surface area contributed by atoms with Gasteiger partial charge in [0.1, 0.15) is 0 Å². The van der Waals surface area contributed by atoms with E-state index in [-0.39, 0.29) is 12.5 Å². The molecule has 1 fully saturated rings. The molecule has 0 atom stereocenters. The van der Waals surface area contributed by atoms with Crippen molar-refractivity contribution in [2.75, 3.05) is 18.9 Å². The summed E-state index contributed by atoms with van der Waals surface area (Å²) in [6.07, 6.45) is 3.75. The van der Waals surface area contributed by atoms with Gasteiger partial charge in [-0.2, -0.15) is 0 Å².